The third kappa shape index (κ3) is 4.32. The Bertz CT molecular complexity index is 1090. The van der Waals surface area contributed by atoms with Crippen molar-refractivity contribution in [3.05, 3.63) is 29.5 Å². The van der Waals surface area contributed by atoms with Gasteiger partial charge in [0.2, 0.25) is 21.8 Å². The van der Waals surface area contributed by atoms with Crippen molar-refractivity contribution in [3.63, 3.8) is 0 Å². The molecule has 0 spiro atoms. The summed E-state index contributed by atoms with van der Waals surface area (Å²) in [4.78, 5) is 24.8. The third-order valence-electron chi connectivity index (χ3n) is 5.24. The molecule has 1 amide bonds. The van der Waals surface area contributed by atoms with Crippen molar-refractivity contribution in [2.24, 2.45) is 0 Å². The van der Waals surface area contributed by atoms with E-state index in [1.54, 1.807) is 25.1 Å². The predicted octanol–water partition coefficient (Wildman–Crippen LogP) is 3.26. The van der Waals surface area contributed by atoms with Gasteiger partial charge in [-0.25, -0.2) is 13.1 Å². The van der Waals surface area contributed by atoms with Crippen LogP contribution in [0.2, 0.25) is 0 Å². The maximum atomic E-state index is 12.9. The summed E-state index contributed by atoms with van der Waals surface area (Å²) in [5.74, 6) is -0.205. The molecule has 8 nitrogen and oxygen atoms in total. The average molecular weight is 433 g/mol. The SMILES string of the molecule is CCCc1nn2c(c1-c1ccc(C)c(S(=O)(=O)NC(C)CC)c1)NC(=O)CCC2=O. The Hall–Kier alpha value is -2.52. The van der Waals surface area contributed by atoms with Crippen LogP contribution < -0.4 is 10.0 Å². The molecule has 1 unspecified atom stereocenters. The van der Waals surface area contributed by atoms with E-state index in [0.717, 1.165) is 6.42 Å². The monoisotopic (exact) mass is 432 g/mol. The molecule has 1 aromatic carbocycles. The highest BCUT2D eigenvalue weighted by Gasteiger charge is 2.28. The van der Waals surface area contributed by atoms with Crippen molar-refractivity contribution in [2.45, 2.75) is 70.7 Å². The van der Waals surface area contributed by atoms with Gasteiger partial charge in [-0.3, -0.25) is 9.59 Å². The van der Waals surface area contributed by atoms with Crippen LogP contribution in [-0.2, 0) is 21.2 Å². The molecule has 0 radical (unpaired) electrons. The number of hydrogen-bond acceptors (Lipinski definition) is 5. The standard InChI is InChI=1S/C21H28N4O4S/c1-5-7-16-20(21-22-18(26)10-11-19(27)25(21)23-16)15-9-8-13(3)17(12-15)30(28,29)24-14(4)6-2/h8-9,12,14,24H,5-7,10-11H2,1-4H3,(H,22,26). The van der Waals surface area contributed by atoms with E-state index >= 15 is 0 Å². The predicted molar refractivity (Wildman–Crippen MR) is 115 cm³/mol. The molecule has 0 saturated heterocycles. The second kappa shape index (κ2) is 8.69. The first kappa shape index (κ1) is 22.2. The van der Waals surface area contributed by atoms with Crippen LogP contribution in [0.3, 0.4) is 0 Å². The van der Waals surface area contributed by atoms with Gasteiger partial charge in [-0.05, 0) is 43.9 Å². The van der Waals surface area contributed by atoms with Gasteiger partial charge in [0.25, 0.3) is 0 Å². The number of benzene rings is 1. The molecule has 162 valence electrons. The molecule has 2 aromatic rings. The molecule has 1 atom stereocenters. The molecule has 30 heavy (non-hydrogen) atoms. The lowest BCUT2D eigenvalue weighted by Gasteiger charge is -2.15. The quantitative estimate of drug-likeness (QED) is 0.698. The number of hydrogen-bond donors (Lipinski definition) is 2. The van der Waals surface area contributed by atoms with Crippen molar-refractivity contribution in [1.29, 1.82) is 0 Å². The van der Waals surface area contributed by atoms with Gasteiger partial charge in [-0.1, -0.05) is 32.4 Å². The van der Waals surface area contributed by atoms with Crippen molar-refractivity contribution >= 4 is 27.7 Å². The minimum atomic E-state index is -3.72. The van der Waals surface area contributed by atoms with E-state index in [1.165, 1.54) is 4.68 Å². The number of amides is 1. The van der Waals surface area contributed by atoms with E-state index in [1.807, 2.05) is 20.8 Å². The minimum Gasteiger partial charge on any atom is -0.310 e. The van der Waals surface area contributed by atoms with Crippen molar-refractivity contribution in [2.75, 3.05) is 5.32 Å². The third-order valence-corrected chi connectivity index (χ3v) is 6.97. The molecule has 3 rings (SSSR count). The second-order valence-electron chi connectivity index (χ2n) is 7.68. The Balaban J connectivity index is 2.19. The smallest absolute Gasteiger partial charge is 0.249 e. The van der Waals surface area contributed by atoms with Crippen LogP contribution >= 0.6 is 0 Å². The number of nitrogens with zero attached hydrogens (tertiary/aromatic N) is 2. The van der Waals surface area contributed by atoms with Gasteiger partial charge < -0.3 is 5.32 Å². The molecular formula is C21H28N4O4S. The van der Waals surface area contributed by atoms with Crippen LogP contribution in [0, 0.1) is 6.92 Å². The first-order chi connectivity index (χ1) is 14.2. The van der Waals surface area contributed by atoms with Crippen LogP contribution in [0.1, 0.15) is 62.5 Å². The summed E-state index contributed by atoms with van der Waals surface area (Å²) in [5.41, 5.74) is 2.47. The highest BCUT2D eigenvalue weighted by molar-refractivity contribution is 7.89. The van der Waals surface area contributed by atoms with E-state index in [2.05, 4.69) is 15.1 Å². The summed E-state index contributed by atoms with van der Waals surface area (Å²) in [6, 6.07) is 4.94. The van der Waals surface area contributed by atoms with Gasteiger partial charge in [-0.15, -0.1) is 0 Å². The molecule has 1 aliphatic rings. The number of aryl methyl sites for hydroxylation is 2. The lowest BCUT2D eigenvalue weighted by Crippen LogP contribution is -2.32. The normalized spacial score (nSPS) is 15.5. The van der Waals surface area contributed by atoms with Crippen LogP contribution in [0.15, 0.2) is 23.1 Å². The Kier molecular flexibility index (Phi) is 6.42. The largest absolute Gasteiger partial charge is 0.310 e. The van der Waals surface area contributed by atoms with Gasteiger partial charge in [0.05, 0.1) is 10.6 Å². The van der Waals surface area contributed by atoms with Gasteiger partial charge in [0.15, 0.2) is 0 Å². The van der Waals surface area contributed by atoms with E-state index in [9.17, 15) is 18.0 Å². The zero-order valence-corrected chi connectivity index (χ0v) is 18.6. The fourth-order valence-corrected chi connectivity index (χ4v) is 5.05. The van der Waals surface area contributed by atoms with Crippen molar-refractivity contribution in [3.8, 4) is 11.1 Å². The number of carbonyl (C=O) groups excluding carboxylic acids is 2. The number of sulfonamides is 1. The first-order valence-electron chi connectivity index (χ1n) is 10.3. The maximum Gasteiger partial charge on any atom is 0.249 e. The van der Waals surface area contributed by atoms with Gasteiger partial charge in [0, 0.05) is 24.4 Å². The highest BCUT2D eigenvalue weighted by atomic mass is 32.2. The number of rotatable bonds is 7. The number of aromatic nitrogens is 2. The van der Waals surface area contributed by atoms with Crippen LogP contribution in [0.4, 0.5) is 5.82 Å². The van der Waals surface area contributed by atoms with Gasteiger partial charge >= 0.3 is 0 Å². The first-order valence-corrected chi connectivity index (χ1v) is 11.7. The maximum absolute atomic E-state index is 12.9. The molecule has 0 aliphatic carbocycles. The summed E-state index contributed by atoms with van der Waals surface area (Å²) >= 11 is 0. The van der Waals surface area contributed by atoms with Crippen molar-refractivity contribution < 1.29 is 18.0 Å². The molecule has 2 heterocycles. The van der Waals surface area contributed by atoms with Crippen LogP contribution in [0.25, 0.3) is 11.1 Å². The second-order valence-corrected chi connectivity index (χ2v) is 9.37. The van der Waals surface area contributed by atoms with Gasteiger partial charge in [-0.2, -0.15) is 9.78 Å². The van der Waals surface area contributed by atoms with E-state index in [4.69, 9.17) is 0 Å². The van der Waals surface area contributed by atoms with E-state index < -0.39 is 10.0 Å². The molecule has 1 aromatic heterocycles. The summed E-state index contributed by atoms with van der Waals surface area (Å²) in [6.45, 7) is 7.46. The molecule has 2 N–H and O–H groups in total. The minimum absolute atomic E-state index is 0.0812. The highest BCUT2D eigenvalue weighted by Crippen LogP contribution is 2.36. The number of anilines is 1. The number of carbonyl (C=O) groups is 2. The van der Waals surface area contributed by atoms with E-state index in [-0.39, 0.29) is 35.6 Å². The summed E-state index contributed by atoms with van der Waals surface area (Å²) in [7, 11) is -3.72. The fraction of sp³-hybridized carbons (Fsp3) is 0.476. The number of nitrogens with one attached hydrogen (secondary N) is 2. The molecule has 0 bridgehead atoms. The topological polar surface area (TPSA) is 110 Å². The lowest BCUT2D eigenvalue weighted by atomic mass is 10.0. The average Bonchev–Trinajstić information content (AvgIpc) is 2.97. The molecule has 1 aliphatic heterocycles. The van der Waals surface area contributed by atoms with Crippen LogP contribution in [0.5, 0.6) is 0 Å². The van der Waals surface area contributed by atoms with Crippen LogP contribution in [-0.4, -0.2) is 36.1 Å². The molecule has 0 saturated carbocycles. The summed E-state index contributed by atoms with van der Waals surface area (Å²) < 4.78 is 29.8. The zero-order valence-electron chi connectivity index (χ0n) is 17.8. The number of fused-ring (bicyclic) bond motifs is 1. The molecular weight excluding hydrogens is 404 g/mol. The zero-order chi connectivity index (χ0) is 22.1. The summed E-state index contributed by atoms with van der Waals surface area (Å²) in [5, 5.41) is 7.24. The lowest BCUT2D eigenvalue weighted by molar-refractivity contribution is -0.116. The Morgan fingerprint density at radius 2 is 1.97 bits per heavy atom. The van der Waals surface area contributed by atoms with E-state index in [0.29, 0.717) is 41.0 Å². The Morgan fingerprint density at radius 1 is 1.23 bits per heavy atom. The Labute approximate surface area is 177 Å². The van der Waals surface area contributed by atoms with Gasteiger partial charge in [0.1, 0.15) is 5.82 Å². The summed E-state index contributed by atoms with van der Waals surface area (Å²) in [6.07, 6.45) is 2.23. The fourth-order valence-electron chi connectivity index (χ4n) is 3.45. The molecule has 9 heteroatoms. The molecule has 0 fully saturated rings. The van der Waals surface area contributed by atoms with Crippen molar-refractivity contribution in [1.82, 2.24) is 14.5 Å². The Morgan fingerprint density at radius 3 is 2.63 bits per heavy atom.